The van der Waals surface area contributed by atoms with Crippen LogP contribution in [0.3, 0.4) is 0 Å². The third kappa shape index (κ3) is 5.85. The fourth-order valence-corrected chi connectivity index (χ4v) is 3.70. The van der Waals surface area contributed by atoms with Crippen molar-refractivity contribution in [1.29, 1.82) is 0 Å². The molecule has 1 saturated heterocycles. The largest absolute Gasteiger partial charge is 0.352 e. The number of piperidine rings is 1. The molecule has 0 atom stereocenters. The first-order valence-electron chi connectivity index (χ1n) is 8.74. The van der Waals surface area contributed by atoms with E-state index in [0.717, 1.165) is 12.8 Å². The summed E-state index contributed by atoms with van der Waals surface area (Å²) in [5.41, 5.74) is 1.51. The molecule has 0 spiro atoms. The van der Waals surface area contributed by atoms with Gasteiger partial charge < -0.3 is 10.2 Å². The van der Waals surface area contributed by atoms with E-state index in [4.69, 9.17) is 0 Å². The summed E-state index contributed by atoms with van der Waals surface area (Å²) in [6.07, 6.45) is 2.22. The summed E-state index contributed by atoms with van der Waals surface area (Å²) in [5.74, 6) is 0.676. The predicted molar refractivity (Wildman–Crippen MR) is 98.3 cm³/mol. The van der Waals surface area contributed by atoms with Gasteiger partial charge >= 0.3 is 0 Å². The van der Waals surface area contributed by atoms with Crippen LogP contribution >= 0.6 is 11.8 Å². The number of thioether (sulfide) groups is 1. The van der Waals surface area contributed by atoms with Crippen LogP contribution in [0.4, 0.5) is 0 Å². The predicted octanol–water partition coefficient (Wildman–Crippen LogP) is 2.26. The Kier molecular flexibility index (Phi) is 6.54. The van der Waals surface area contributed by atoms with Crippen LogP contribution < -0.4 is 10.2 Å². The molecular formula is C19H31N2OS+. The summed E-state index contributed by atoms with van der Waals surface area (Å²) in [7, 11) is 0. The zero-order valence-electron chi connectivity index (χ0n) is 14.9. The first-order valence-corrected chi connectivity index (χ1v) is 9.73. The van der Waals surface area contributed by atoms with E-state index in [0.29, 0.717) is 11.8 Å². The lowest BCUT2D eigenvalue weighted by Gasteiger charge is -2.28. The molecule has 0 aromatic heterocycles. The van der Waals surface area contributed by atoms with Crippen LogP contribution in [-0.4, -0.2) is 37.3 Å². The standard InChI is InChI=1S/C19H30N2OS/c1-5-21-12-10-16(11-13-21)20-18(22)14-23-17-8-6-15(7-9-17)19(2,3)4/h6-9,16H,5,10-14H2,1-4H3,(H,20,22)/p+1. The number of rotatable bonds is 5. The van der Waals surface area contributed by atoms with E-state index in [9.17, 15) is 4.79 Å². The molecule has 3 nitrogen and oxygen atoms in total. The molecule has 1 heterocycles. The van der Waals surface area contributed by atoms with E-state index in [2.05, 4.69) is 57.3 Å². The zero-order chi connectivity index (χ0) is 16.9. The van der Waals surface area contributed by atoms with Gasteiger partial charge in [-0.3, -0.25) is 4.79 Å². The van der Waals surface area contributed by atoms with Crippen LogP contribution in [0.1, 0.15) is 46.1 Å². The van der Waals surface area contributed by atoms with Gasteiger partial charge in [-0.25, -0.2) is 0 Å². The van der Waals surface area contributed by atoms with E-state index in [1.807, 2.05) is 0 Å². The Bertz CT molecular complexity index is 499. The summed E-state index contributed by atoms with van der Waals surface area (Å²) in [4.78, 5) is 14.9. The van der Waals surface area contributed by atoms with Gasteiger partial charge in [0.2, 0.25) is 5.91 Å². The summed E-state index contributed by atoms with van der Waals surface area (Å²) in [6, 6.07) is 8.97. The van der Waals surface area contributed by atoms with Crippen LogP contribution in [0.25, 0.3) is 0 Å². The SMILES string of the molecule is CC[NH+]1CCC(NC(=O)CSc2ccc(C(C)(C)C)cc2)CC1. The Morgan fingerprint density at radius 3 is 2.35 bits per heavy atom. The van der Waals surface area contributed by atoms with Crippen molar-refractivity contribution >= 4 is 17.7 Å². The van der Waals surface area contributed by atoms with Crippen LogP contribution in [0.2, 0.25) is 0 Å². The van der Waals surface area contributed by atoms with E-state index >= 15 is 0 Å². The molecule has 0 aliphatic carbocycles. The zero-order valence-corrected chi connectivity index (χ0v) is 15.8. The highest BCUT2D eigenvalue weighted by atomic mass is 32.2. The van der Waals surface area contributed by atoms with E-state index < -0.39 is 0 Å². The van der Waals surface area contributed by atoms with Crippen molar-refractivity contribution in [2.75, 3.05) is 25.4 Å². The molecule has 2 rings (SSSR count). The second-order valence-electron chi connectivity index (χ2n) is 7.51. The third-order valence-corrected chi connectivity index (χ3v) is 5.66. The smallest absolute Gasteiger partial charge is 0.230 e. The van der Waals surface area contributed by atoms with Gasteiger partial charge in [0.15, 0.2) is 0 Å². The van der Waals surface area contributed by atoms with Gasteiger partial charge in [-0.15, -0.1) is 11.8 Å². The van der Waals surface area contributed by atoms with Gasteiger partial charge in [-0.2, -0.15) is 0 Å². The monoisotopic (exact) mass is 335 g/mol. The Balaban J connectivity index is 1.74. The highest BCUT2D eigenvalue weighted by Crippen LogP contribution is 2.25. The van der Waals surface area contributed by atoms with Crippen molar-refractivity contribution in [1.82, 2.24) is 5.32 Å². The molecule has 0 unspecified atom stereocenters. The lowest BCUT2D eigenvalue weighted by molar-refractivity contribution is -0.903. The fraction of sp³-hybridized carbons (Fsp3) is 0.632. The van der Waals surface area contributed by atoms with Crippen molar-refractivity contribution in [3.8, 4) is 0 Å². The molecule has 2 N–H and O–H groups in total. The highest BCUT2D eigenvalue weighted by molar-refractivity contribution is 8.00. The lowest BCUT2D eigenvalue weighted by Crippen LogP contribution is -3.13. The number of carbonyl (C=O) groups excluding carboxylic acids is 1. The number of hydrogen-bond donors (Lipinski definition) is 2. The second-order valence-corrected chi connectivity index (χ2v) is 8.56. The lowest BCUT2D eigenvalue weighted by atomic mass is 9.87. The van der Waals surface area contributed by atoms with Crippen molar-refractivity contribution in [3.05, 3.63) is 29.8 Å². The quantitative estimate of drug-likeness (QED) is 0.809. The molecule has 1 fully saturated rings. The highest BCUT2D eigenvalue weighted by Gasteiger charge is 2.22. The van der Waals surface area contributed by atoms with Crippen molar-refractivity contribution in [2.45, 2.75) is 56.9 Å². The van der Waals surface area contributed by atoms with Gasteiger partial charge in [0.25, 0.3) is 0 Å². The van der Waals surface area contributed by atoms with Gasteiger partial charge in [-0.1, -0.05) is 32.9 Å². The van der Waals surface area contributed by atoms with E-state index in [1.54, 1.807) is 16.7 Å². The molecule has 1 aromatic carbocycles. The maximum atomic E-state index is 12.1. The number of carbonyl (C=O) groups is 1. The van der Waals surface area contributed by atoms with Crippen LogP contribution in [0.15, 0.2) is 29.2 Å². The average molecular weight is 336 g/mol. The number of amides is 1. The Hall–Kier alpha value is -1.00. The number of likely N-dealkylation sites (tertiary alicyclic amines) is 1. The maximum Gasteiger partial charge on any atom is 0.230 e. The summed E-state index contributed by atoms with van der Waals surface area (Å²) in [6.45, 7) is 12.4. The number of hydrogen-bond acceptors (Lipinski definition) is 2. The van der Waals surface area contributed by atoms with Crippen LogP contribution in [0.5, 0.6) is 0 Å². The molecule has 0 radical (unpaired) electrons. The minimum Gasteiger partial charge on any atom is -0.352 e. The summed E-state index contributed by atoms with van der Waals surface area (Å²) >= 11 is 1.62. The van der Waals surface area contributed by atoms with Crippen molar-refractivity contribution in [3.63, 3.8) is 0 Å². The van der Waals surface area contributed by atoms with Gasteiger partial charge in [0.1, 0.15) is 0 Å². The topological polar surface area (TPSA) is 33.5 Å². The molecule has 128 valence electrons. The van der Waals surface area contributed by atoms with E-state index in [-0.39, 0.29) is 11.3 Å². The molecule has 1 amide bonds. The Morgan fingerprint density at radius 1 is 1.22 bits per heavy atom. The number of quaternary nitrogens is 1. The number of nitrogens with one attached hydrogen (secondary N) is 2. The molecule has 1 aliphatic rings. The normalized spacial score (nSPS) is 21.9. The Morgan fingerprint density at radius 2 is 1.83 bits per heavy atom. The molecule has 0 saturated carbocycles. The third-order valence-electron chi connectivity index (χ3n) is 4.65. The first-order chi connectivity index (χ1) is 10.9. The van der Waals surface area contributed by atoms with Crippen LogP contribution in [0, 0.1) is 0 Å². The first kappa shape index (κ1) is 18.3. The fourth-order valence-electron chi connectivity index (χ4n) is 2.99. The van der Waals surface area contributed by atoms with Crippen molar-refractivity contribution in [2.24, 2.45) is 0 Å². The maximum absolute atomic E-state index is 12.1. The van der Waals surface area contributed by atoms with E-state index in [1.165, 1.54) is 30.1 Å². The van der Waals surface area contributed by atoms with Crippen LogP contribution in [-0.2, 0) is 10.2 Å². The minimum absolute atomic E-state index is 0.167. The van der Waals surface area contributed by atoms with Gasteiger partial charge in [-0.05, 0) is 30.0 Å². The van der Waals surface area contributed by atoms with Gasteiger partial charge in [0, 0.05) is 23.8 Å². The molecular weight excluding hydrogens is 304 g/mol. The second kappa shape index (κ2) is 8.20. The number of benzene rings is 1. The summed E-state index contributed by atoms with van der Waals surface area (Å²) < 4.78 is 0. The molecule has 0 bridgehead atoms. The van der Waals surface area contributed by atoms with Gasteiger partial charge in [0.05, 0.1) is 25.4 Å². The summed E-state index contributed by atoms with van der Waals surface area (Å²) in [5, 5.41) is 3.20. The minimum atomic E-state index is 0.167. The average Bonchev–Trinajstić information content (AvgIpc) is 2.53. The Labute approximate surface area is 145 Å². The van der Waals surface area contributed by atoms with Crippen molar-refractivity contribution < 1.29 is 9.69 Å². The molecule has 23 heavy (non-hydrogen) atoms. The molecule has 1 aliphatic heterocycles. The molecule has 1 aromatic rings. The molecule has 4 heteroatoms.